The molecule has 0 atom stereocenters. The summed E-state index contributed by atoms with van der Waals surface area (Å²) in [5, 5.41) is -0.145. The maximum atomic E-state index is 12.2. The molecule has 0 unspecified atom stereocenters. The van der Waals surface area contributed by atoms with Crippen LogP contribution in [0.2, 0.25) is 5.02 Å². The first-order chi connectivity index (χ1) is 10.1. The van der Waals surface area contributed by atoms with Crippen molar-refractivity contribution in [3.8, 4) is 0 Å². The number of furan rings is 1. The highest BCUT2D eigenvalue weighted by Gasteiger charge is 2.15. The van der Waals surface area contributed by atoms with Crippen molar-refractivity contribution in [3.05, 3.63) is 65.6 Å². The highest BCUT2D eigenvalue weighted by Crippen LogP contribution is 2.21. The Balaban J connectivity index is 2.27. The van der Waals surface area contributed by atoms with Crippen LogP contribution in [0.1, 0.15) is 5.76 Å². The number of carbonyl (C=O) groups excluding carboxylic acids is 2. The average Bonchev–Trinajstić information content (AvgIpc) is 2.96. The SMILES string of the molecule is O=C(Cl)/C=C/C(=O)N(Cc1ccco1)c1ccc(Cl)cc1. The number of carbonyl (C=O) groups is 2. The minimum atomic E-state index is -0.711. The second-order valence-corrected chi connectivity index (χ2v) is 4.93. The fraction of sp³-hybridized carbons (Fsp3) is 0.0667. The fourth-order valence-corrected chi connectivity index (χ4v) is 1.89. The molecule has 1 heterocycles. The molecule has 0 saturated carbocycles. The maximum absolute atomic E-state index is 12.2. The van der Waals surface area contributed by atoms with Crippen LogP contribution in [-0.2, 0) is 16.1 Å². The Kier molecular flexibility index (Phi) is 5.20. The molecule has 2 rings (SSSR count). The third-order valence-corrected chi connectivity index (χ3v) is 3.03. The Hall–Kier alpha value is -2.04. The monoisotopic (exact) mass is 323 g/mol. The van der Waals surface area contributed by atoms with E-state index in [0.29, 0.717) is 16.5 Å². The van der Waals surface area contributed by atoms with E-state index in [4.69, 9.17) is 27.6 Å². The van der Waals surface area contributed by atoms with Crippen molar-refractivity contribution in [1.29, 1.82) is 0 Å². The van der Waals surface area contributed by atoms with Crippen LogP contribution in [0.5, 0.6) is 0 Å². The lowest BCUT2D eigenvalue weighted by molar-refractivity contribution is -0.115. The van der Waals surface area contributed by atoms with Gasteiger partial charge in [0.2, 0.25) is 5.24 Å². The van der Waals surface area contributed by atoms with Gasteiger partial charge in [0.05, 0.1) is 12.8 Å². The predicted molar refractivity (Wildman–Crippen MR) is 81.4 cm³/mol. The van der Waals surface area contributed by atoms with Gasteiger partial charge in [-0.1, -0.05) is 11.6 Å². The van der Waals surface area contributed by atoms with E-state index < -0.39 is 5.24 Å². The van der Waals surface area contributed by atoms with Gasteiger partial charge in [-0.15, -0.1) is 0 Å². The topological polar surface area (TPSA) is 50.5 Å². The van der Waals surface area contributed by atoms with Crippen molar-refractivity contribution >= 4 is 40.0 Å². The van der Waals surface area contributed by atoms with Crippen LogP contribution in [0.25, 0.3) is 0 Å². The molecule has 0 aliphatic heterocycles. The van der Waals surface area contributed by atoms with Crippen molar-refractivity contribution < 1.29 is 14.0 Å². The van der Waals surface area contributed by atoms with E-state index in [1.54, 1.807) is 36.4 Å². The molecule has 21 heavy (non-hydrogen) atoms. The van der Waals surface area contributed by atoms with Crippen LogP contribution < -0.4 is 4.90 Å². The second kappa shape index (κ2) is 7.11. The first-order valence-corrected chi connectivity index (χ1v) is 6.79. The quantitative estimate of drug-likeness (QED) is 0.621. The summed E-state index contributed by atoms with van der Waals surface area (Å²) < 4.78 is 5.25. The molecule has 108 valence electrons. The van der Waals surface area contributed by atoms with E-state index in [9.17, 15) is 9.59 Å². The minimum Gasteiger partial charge on any atom is -0.467 e. The number of benzene rings is 1. The molecule has 0 saturated heterocycles. The second-order valence-electron chi connectivity index (χ2n) is 4.12. The number of hydrogen-bond donors (Lipinski definition) is 0. The zero-order valence-electron chi connectivity index (χ0n) is 10.8. The summed E-state index contributed by atoms with van der Waals surface area (Å²) in [5.74, 6) is 0.228. The van der Waals surface area contributed by atoms with Crippen molar-refractivity contribution in [3.63, 3.8) is 0 Å². The number of nitrogens with zero attached hydrogens (tertiary/aromatic N) is 1. The Morgan fingerprint density at radius 3 is 2.43 bits per heavy atom. The molecule has 0 aliphatic rings. The van der Waals surface area contributed by atoms with Gasteiger partial charge in [-0.25, -0.2) is 0 Å². The maximum Gasteiger partial charge on any atom is 0.251 e. The number of amides is 1. The minimum absolute atomic E-state index is 0.230. The third kappa shape index (κ3) is 4.48. The van der Waals surface area contributed by atoms with Crippen LogP contribution in [0.15, 0.2) is 59.2 Å². The zero-order chi connectivity index (χ0) is 15.2. The molecule has 1 amide bonds. The van der Waals surface area contributed by atoms with Crippen LogP contribution in [-0.4, -0.2) is 11.1 Å². The number of hydrogen-bond acceptors (Lipinski definition) is 3. The lowest BCUT2D eigenvalue weighted by Crippen LogP contribution is -2.28. The van der Waals surface area contributed by atoms with Crippen molar-refractivity contribution in [2.24, 2.45) is 0 Å². The van der Waals surface area contributed by atoms with E-state index >= 15 is 0 Å². The Morgan fingerprint density at radius 1 is 1.14 bits per heavy atom. The summed E-state index contributed by atoms with van der Waals surface area (Å²) in [6.45, 7) is 0.230. The number of anilines is 1. The summed E-state index contributed by atoms with van der Waals surface area (Å²) in [7, 11) is 0. The summed E-state index contributed by atoms with van der Waals surface area (Å²) in [5.41, 5.74) is 0.632. The zero-order valence-corrected chi connectivity index (χ0v) is 12.3. The predicted octanol–water partition coefficient (Wildman–Crippen LogP) is 3.79. The lowest BCUT2D eigenvalue weighted by atomic mass is 10.2. The Morgan fingerprint density at radius 2 is 1.86 bits per heavy atom. The standard InChI is InChI=1S/C15H11Cl2NO3/c16-11-3-5-12(6-4-11)18(10-13-2-1-9-21-13)15(20)8-7-14(17)19/h1-9H,10H2/b8-7+. The van der Waals surface area contributed by atoms with Gasteiger partial charge in [0.15, 0.2) is 0 Å². The molecule has 0 spiro atoms. The van der Waals surface area contributed by atoms with E-state index in [1.165, 1.54) is 11.2 Å². The fourth-order valence-electron chi connectivity index (χ4n) is 1.70. The normalized spacial score (nSPS) is 10.8. The van der Waals surface area contributed by atoms with Gasteiger partial charge >= 0.3 is 0 Å². The van der Waals surface area contributed by atoms with Gasteiger partial charge in [0.1, 0.15) is 5.76 Å². The lowest BCUT2D eigenvalue weighted by Gasteiger charge is -2.20. The van der Waals surface area contributed by atoms with Gasteiger partial charge in [-0.2, -0.15) is 0 Å². The first-order valence-electron chi connectivity index (χ1n) is 6.03. The van der Waals surface area contributed by atoms with E-state index in [0.717, 1.165) is 12.2 Å². The molecule has 1 aromatic heterocycles. The van der Waals surface area contributed by atoms with Crippen LogP contribution in [0, 0.1) is 0 Å². The third-order valence-electron chi connectivity index (χ3n) is 2.66. The largest absolute Gasteiger partial charge is 0.467 e. The first kappa shape index (κ1) is 15.4. The van der Waals surface area contributed by atoms with Gasteiger partial charge in [-0.3, -0.25) is 9.59 Å². The van der Waals surface area contributed by atoms with E-state index in [-0.39, 0.29) is 12.5 Å². The van der Waals surface area contributed by atoms with Crippen molar-refractivity contribution in [2.45, 2.75) is 6.54 Å². The number of halogens is 2. The summed E-state index contributed by atoms with van der Waals surface area (Å²) in [4.78, 5) is 24.4. The molecule has 2 aromatic rings. The van der Waals surface area contributed by atoms with Crippen LogP contribution in [0.3, 0.4) is 0 Å². The van der Waals surface area contributed by atoms with Gasteiger partial charge < -0.3 is 9.32 Å². The Bertz CT molecular complexity index is 648. The van der Waals surface area contributed by atoms with Gasteiger partial charge in [-0.05, 0) is 48.0 Å². The summed E-state index contributed by atoms with van der Waals surface area (Å²) in [6.07, 6.45) is 3.65. The number of allylic oxidation sites excluding steroid dienone is 1. The molecule has 0 N–H and O–H groups in total. The van der Waals surface area contributed by atoms with E-state index in [1.807, 2.05) is 0 Å². The molecule has 0 radical (unpaired) electrons. The van der Waals surface area contributed by atoms with Crippen molar-refractivity contribution in [2.75, 3.05) is 4.90 Å². The van der Waals surface area contributed by atoms with E-state index in [2.05, 4.69) is 0 Å². The molecular formula is C15H11Cl2NO3. The van der Waals surface area contributed by atoms with Crippen molar-refractivity contribution in [1.82, 2.24) is 0 Å². The molecule has 0 bridgehead atoms. The van der Waals surface area contributed by atoms with Gasteiger partial charge in [0.25, 0.3) is 5.91 Å². The van der Waals surface area contributed by atoms with Gasteiger partial charge in [0, 0.05) is 22.9 Å². The summed E-state index contributed by atoms with van der Waals surface area (Å²) >= 11 is 11.0. The molecule has 4 nitrogen and oxygen atoms in total. The molecule has 0 aliphatic carbocycles. The highest BCUT2D eigenvalue weighted by molar-refractivity contribution is 6.66. The molecule has 0 fully saturated rings. The molecule has 6 heteroatoms. The molecular weight excluding hydrogens is 313 g/mol. The number of rotatable bonds is 5. The molecule has 1 aromatic carbocycles. The van der Waals surface area contributed by atoms with Crippen LogP contribution >= 0.6 is 23.2 Å². The Labute approximate surface area is 131 Å². The average molecular weight is 324 g/mol. The highest BCUT2D eigenvalue weighted by atomic mass is 35.5. The van der Waals surface area contributed by atoms with Crippen LogP contribution in [0.4, 0.5) is 5.69 Å². The summed E-state index contributed by atoms with van der Waals surface area (Å²) in [6, 6.07) is 10.3. The smallest absolute Gasteiger partial charge is 0.251 e.